The maximum atomic E-state index is 12.4. The van der Waals surface area contributed by atoms with E-state index >= 15 is 0 Å². The number of rotatable bonds is 4. The molecule has 0 spiro atoms. The van der Waals surface area contributed by atoms with E-state index in [0.717, 1.165) is 24.8 Å². The van der Waals surface area contributed by atoms with E-state index in [1.54, 1.807) is 0 Å². The molecule has 1 amide bonds. The summed E-state index contributed by atoms with van der Waals surface area (Å²) in [5, 5.41) is 0. The number of fused-ring (bicyclic) bond motifs is 2. The average Bonchev–Trinajstić information content (AvgIpc) is 3.03. The Morgan fingerprint density at radius 2 is 2.05 bits per heavy atom. The minimum Gasteiger partial charge on any atom is -0.341 e. The number of amides is 1. The Morgan fingerprint density at radius 1 is 1.25 bits per heavy atom. The predicted octanol–water partition coefficient (Wildman–Crippen LogP) is 3.78. The molecule has 3 atom stereocenters. The van der Waals surface area contributed by atoms with Crippen LogP contribution in [0.15, 0.2) is 24.3 Å². The van der Waals surface area contributed by atoms with Gasteiger partial charge in [0.05, 0.1) is 0 Å². The van der Waals surface area contributed by atoms with Crippen LogP contribution in [0.1, 0.15) is 43.2 Å². The molecular formula is C18H25NO. The molecule has 0 aliphatic heterocycles. The van der Waals surface area contributed by atoms with Gasteiger partial charge in [-0.2, -0.15) is 0 Å². The van der Waals surface area contributed by atoms with Crippen molar-refractivity contribution in [1.82, 2.24) is 4.90 Å². The van der Waals surface area contributed by atoms with E-state index in [0.29, 0.717) is 11.8 Å². The molecule has 1 aromatic rings. The Morgan fingerprint density at radius 3 is 2.70 bits per heavy atom. The van der Waals surface area contributed by atoms with Crippen LogP contribution >= 0.6 is 0 Å². The normalized spacial score (nSPS) is 27.8. The maximum Gasteiger partial charge on any atom is 0.222 e. The number of carbonyl (C=O) groups is 1. The maximum absolute atomic E-state index is 12.4. The zero-order valence-electron chi connectivity index (χ0n) is 12.6. The van der Waals surface area contributed by atoms with Crippen LogP contribution in [0, 0.1) is 24.7 Å². The molecule has 1 aromatic carbocycles. The van der Waals surface area contributed by atoms with Gasteiger partial charge in [0.15, 0.2) is 0 Å². The van der Waals surface area contributed by atoms with E-state index in [1.807, 2.05) is 11.9 Å². The Kier molecular flexibility index (Phi) is 3.82. The second-order valence-electron chi connectivity index (χ2n) is 6.82. The molecular weight excluding hydrogens is 246 g/mol. The summed E-state index contributed by atoms with van der Waals surface area (Å²) in [6, 6.07) is 8.34. The lowest BCUT2D eigenvalue weighted by molar-refractivity contribution is -0.131. The van der Waals surface area contributed by atoms with Crippen LogP contribution in [0.3, 0.4) is 0 Å². The van der Waals surface area contributed by atoms with Crippen LogP contribution in [-0.2, 0) is 11.3 Å². The first-order valence-corrected chi connectivity index (χ1v) is 7.92. The smallest absolute Gasteiger partial charge is 0.222 e. The fourth-order valence-corrected chi connectivity index (χ4v) is 4.14. The molecule has 20 heavy (non-hydrogen) atoms. The predicted molar refractivity (Wildman–Crippen MR) is 81.2 cm³/mol. The van der Waals surface area contributed by atoms with Crippen LogP contribution in [0.2, 0.25) is 0 Å². The van der Waals surface area contributed by atoms with Crippen molar-refractivity contribution in [2.24, 2.45) is 17.8 Å². The first-order valence-electron chi connectivity index (χ1n) is 7.92. The number of carbonyl (C=O) groups excluding carboxylic acids is 1. The summed E-state index contributed by atoms with van der Waals surface area (Å²) >= 11 is 0. The van der Waals surface area contributed by atoms with Crippen LogP contribution in [0.4, 0.5) is 0 Å². The molecule has 0 heterocycles. The molecule has 2 aliphatic rings. The largest absolute Gasteiger partial charge is 0.341 e. The van der Waals surface area contributed by atoms with Crippen molar-refractivity contribution < 1.29 is 4.79 Å². The molecule has 108 valence electrons. The monoisotopic (exact) mass is 271 g/mol. The third kappa shape index (κ3) is 2.74. The van der Waals surface area contributed by atoms with Gasteiger partial charge in [0.1, 0.15) is 0 Å². The van der Waals surface area contributed by atoms with Gasteiger partial charge in [-0.3, -0.25) is 4.79 Å². The molecule has 0 radical (unpaired) electrons. The standard InChI is InChI=1S/C18H25NO/c1-13-5-3-4-6-16(13)12-19(2)18(20)11-17-10-14-7-8-15(17)9-14/h3-6,14-15,17H,7-12H2,1-2H3. The number of aryl methyl sites for hydroxylation is 1. The Hall–Kier alpha value is -1.31. The zero-order valence-corrected chi connectivity index (χ0v) is 12.6. The molecule has 2 fully saturated rings. The van der Waals surface area contributed by atoms with Gasteiger partial charge < -0.3 is 4.90 Å². The molecule has 3 unspecified atom stereocenters. The lowest BCUT2D eigenvalue weighted by atomic mass is 9.86. The van der Waals surface area contributed by atoms with E-state index in [9.17, 15) is 4.79 Å². The van der Waals surface area contributed by atoms with Crippen LogP contribution in [-0.4, -0.2) is 17.9 Å². The van der Waals surface area contributed by atoms with E-state index in [1.165, 1.54) is 36.8 Å². The number of hydrogen-bond donors (Lipinski definition) is 0. The highest BCUT2D eigenvalue weighted by molar-refractivity contribution is 5.76. The van der Waals surface area contributed by atoms with Gasteiger partial charge in [-0.05, 0) is 55.1 Å². The SMILES string of the molecule is Cc1ccccc1CN(C)C(=O)CC1CC2CCC1C2. The number of benzene rings is 1. The highest BCUT2D eigenvalue weighted by Gasteiger charge is 2.40. The highest BCUT2D eigenvalue weighted by Crippen LogP contribution is 2.49. The van der Waals surface area contributed by atoms with Crippen molar-refractivity contribution >= 4 is 5.91 Å². The van der Waals surface area contributed by atoms with Crippen LogP contribution in [0.25, 0.3) is 0 Å². The van der Waals surface area contributed by atoms with Gasteiger partial charge in [0, 0.05) is 20.0 Å². The Labute approximate surface area is 122 Å². The van der Waals surface area contributed by atoms with Crippen molar-refractivity contribution in [2.45, 2.75) is 45.6 Å². The highest BCUT2D eigenvalue weighted by atomic mass is 16.2. The molecule has 2 saturated carbocycles. The topological polar surface area (TPSA) is 20.3 Å². The first-order chi connectivity index (χ1) is 9.63. The van der Waals surface area contributed by atoms with E-state index in [4.69, 9.17) is 0 Å². The van der Waals surface area contributed by atoms with Crippen molar-refractivity contribution in [3.05, 3.63) is 35.4 Å². The number of nitrogens with zero attached hydrogens (tertiary/aromatic N) is 1. The van der Waals surface area contributed by atoms with Crippen LogP contribution < -0.4 is 0 Å². The van der Waals surface area contributed by atoms with E-state index in [2.05, 4.69) is 31.2 Å². The van der Waals surface area contributed by atoms with Gasteiger partial charge in [-0.15, -0.1) is 0 Å². The summed E-state index contributed by atoms with van der Waals surface area (Å²) in [6.45, 7) is 2.86. The minimum atomic E-state index is 0.325. The summed E-state index contributed by atoms with van der Waals surface area (Å²) in [5.74, 6) is 2.77. The van der Waals surface area contributed by atoms with Gasteiger partial charge >= 0.3 is 0 Å². The lowest BCUT2D eigenvalue weighted by Crippen LogP contribution is -2.29. The second kappa shape index (κ2) is 5.59. The molecule has 0 N–H and O–H groups in total. The van der Waals surface area contributed by atoms with Gasteiger partial charge in [0.2, 0.25) is 5.91 Å². The minimum absolute atomic E-state index is 0.325. The summed E-state index contributed by atoms with van der Waals surface area (Å²) in [7, 11) is 1.95. The second-order valence-corrected chi connectivity index (χ2v) is 6.82. The van der Waals surface area contributed by atoms with Crippen molar-refractivity contribution in [1.29, 1.82) is 0 Å². The summed E-state index contributed by atoms with van der Waals surface area (Å²) < 4.78 is 0. The third-order valence-electron chi connectivity index (χ3n) is 5.42. The first kappa shape index (κ1) is 13.7. The molecule has 2 nitrogen and oxygen atoms in total. The van der Waals surface area contributed by atoms with Gasteiger partial charge in [-0.1, -0.05) is 30.7 Å². The molecule has 0 saturated heterocycles. The quantitative estimate of drug-likeness (QED) is 0.816. The Balaban J connectivity index is 1.56. The van der Waals surface area contributed by atoms with Crippen molar-refractivity contribution in [2.75, 3.05) is 7.05 Å². The summed E-state index contributed by atoms with van der Waals surface area (Å²) in [6.07, 6.45) is 6.23. The molecule has 0 aromatic heterocycles. The average molecular weight is 271 g/mol. The van der Waals surface area contributed by atoms with Crippen molar-refractivity contribution in [3.63, 3.8) is 0 Å². The molecule has 2 heteroatoms. The summed E-state index contributed by atoms with van der Waals surface area (Å²) in [4.78, 5) is 14.3. The van der Waals surface area contributed by atoms with E-state index < -0.39 is 0 Å². The fourth-order valence-electron chi connectivity index (χ4n) is 4.14. The van der Waals surface area contributed by atoms with Gasteiger partial charge in [0.25, 0.3) is 0 Å². The molecule has 2 bridgehead atoms. The molecule has 3 rings (SSSR count). The Bertz CT molecular complexity index is 496. The van der Waals surface area contributed by atoms with Crippen LogP contribution in [0.5, 0.6) is 0 Å². The lowest BCUT2D eigenvalue weighted by Gasteiger charge is -2.25. The fraction of sp³-hybridized carbons (Fsp3) is 0.611. The zero-order chi connectivity index (χ0) is 14.1. The van der Waals surface area contributed by atoms with Crippen molar-refractivity contribution in [3.8, 4) is 0 Å². The number of hydrogen-bond acceptors (Lipinski definition) is 1. The summed E-state index contributed by atoms with van der Waals surface area (Å²) in [5.41, 5.74) is 2.53. The van der Waals surface area contributed by atoms with Gasteiger partial charge in [-0.25, -0.2) is 0 Å². The van der Waals surface area contributed by atoms with E-state index in [-0.39, 0.29) is 0 Å². The molecule has 2 aliphatic carbocycles. The third-order valence-corrected chi connectivity index (χ3v) is 5.42.